The van der Waals surface area contributed by atoms with Gasteiger partial charge in [-0.2, -0.15) is 0 Å². The van der Waals surface area contributed by atoms with E-state index in [1.54, 1.807) is 36.7 Å². The number of hydrogen-bond acceptors (Lipinski definition) is 7. The van der Waals surface area contributed by atoms with E-state index in [9.17, 15) is 18.0 Å². The average molecular weight is 523 g/mol. The molecule has 0 unspecified atom stereocenters. The van der Waals surface area contributed by atoms with Crippen molar-refractivity contribution in [2.45, 2.75) is 13.8 Å². The summed E-state index contributed by atoms with van der Waals surface area (Å²) in [7, 11) is -3.62. The number of carbonyl (C=O) groups excluding carboxylic acids is 2. The minimum atomic E-state index is -3.62. The lowest BCUT2D eigenvalue weighted by atomic mass is 9.99. The van der Waals surface area contributed by atoms with E-state index in [0.29, 0.717) is 44.1 Å². The Hall–Kier alpha value is -3.92. The van der Waals surface area contributed by atoms with Crippen molar-refractivity contribution in [1.82, 2.24) is 14.6 Å². The summed E-state index contributed by atoms with van der Waals surface area (Å²) < 4.78 is 30.1. The molecule has 1 saturated heterocycles. The summed E-state index contributed by atoms with van der Waals surface area (Å²) in [5, 5.41) is 0. The molecule has 3 aromatic rings. The van der Waals surface area contributed by atoms with Gasteiger partial charge in [-0.1, -0.05) is 6.07 Å². The normalized spacial score (nSPS) is 13.8. The van der Waals surface area contributed by atoms with Crippen LogP contribution in [0, 0.1) is 6.92 Å². The van der Waals surface area contributed by atoms with Gasteiger partial charge in [-0.15, -0.1) is 0 Å². The number of sulfonamides is 1. The fraction of sp³-hybridized carbons (Fsp3) is 0.296. The topological polar surface area (TPSA) is 109 Å². The van der Waals surface area contributed by atoms with Crippen molar-refractivity contribution in [2.75, 3.05) is 43.9 Å². The summed E-state index contributed by atoms with van der Waals surface area (Å²) in [6.45, 7) is 6.90. The number of benzene rings is 2. The highest BCUT2D eigenvalue weighted by atomic mass is 32.2. The van der Waals surface area contributed by atoms with Crippen molar-refractivity contribution in [2.24, 2.45) is 0 Å². The second-order valence-corrected chi connectivity index (χ2v) is 10.6. The molecule has 2 aromatic carbocycles. The van der Waals surface area contributed by atoms with E-state index in [4.69, 9.17) is 4.74 Å². The summed E-state index contributed by atoms with van der Waals surface area (Å²) in [6, 6.07) is 14.4. The molecular weight excluding hydrogens is 492 g/mol. The van der Waals surface area contributed by atoms with E-state index in [1.807, 2.05) is 47.7 Å². The molecule has 0 spiro atoms. The van der Waals surface area contributed by atoms with Crippen LogP contribution in [0.5, 0.6) is 5.75 Å². The number of hydrogen-bond donors (Lipinski definition) is 1. The molecule has 1 N–H and O–H groups in total. The van der Waals surface area contributed by atoms with Gasteiger partial charge in [0, 0.05) is 54.8 Å². The Bertz CT molecular complexity index is 1400. The lowest BCUT2D eigenvalue weighted by Crippen LogP contribution is -2.48. The zero-order chi connectivity index (χ0) is 26.6. The summed E-state index contributed by atoms with van der Waals surface area (Å²) in [4.78, 5) is 33.4. The first-order valence-electron chi connectivity index (χ1n) is 12.0. The van der Waals surface area contributed by atoms with Crippen molar-refractivity contribution in [3.05, 3.63) is 77.6 Å². The highest BCUT2D eigenvalue weighted by Crippen LogP contribution is 2.27. The Kier molecular flexibility index (Phi) is 7.77. The van der Waals surface area contributed by atoms with Gasteiger partial charge in [-0.3, -0.25) is 14.6 Å². The number of nitrogens with zero attached hydrogens (tertiary/aromatic N) is 3. The van der Waals surface area contributed by atoms with Gasteiger partial charge in [0.05, 0.1) is 19.1 Å². The van der Waals surface area contributed by atoms with Crippen molar-refractivity contribution < 1.29 is 22.7 Å². The molecule has 37 heavy (non-hydrogen) atoms. The lowest BCUT2D eigenvalue weighted by molar-refractivity contribution is 0.0746. The van der Waals surface area contributed by atoms with E-state index in [1.165, 1.54) is 0 Å². The Labute approximate surface area is 217 Å². The molecule has 9 nitrogen and oxygen atoms in total. The molecule has 1 fully saturated rings. The van der Waals surface area contributed by atoms with Crippen molar-refractivity contribution in [3.8, 4) is 16.9 Å². The Morgan fingerprint density at radius 1 is 0.973 bits per heavy atom. The number of carbonyl (C=O) groups is 2. The number of pyridine rings is 1. The minimum absolute atomic E-state index is 0.0108. The fourth-order valence-corrected chi connectivity index (χ4v) is 4.79. The van der Waals surface area contributed by atoms with E-state index in [-0.39, 0.29) is 11.5 Å². The van der Waals surface area contributed by atoms with Gasteiger partial charge in [0.15, 0.2) is 0 Å². The lowest BCUT2D eigenvalue weighted by Gasteiger charge is -2.36. The van der Waals surface area contributed by atoms with E-state index in [0.717, 1.165) is 28.6 Å². The van der Waals surface area contributed by atoms with Crippen LogP contribution in [0.3, 0.4) is 0 Å². The molecule has 1 aliphatic heterocycles. The standard InChI is InChI=1S/C27H30N4O5S/c1-4-36-24-16-22(17-28-18-24)25-10-7-21(15-19(25)2)27(33)31-13-11-30(12-14-31)23-8-5-20(6-9-23)26(32)29-37(3,34)35/h5-10,15-18H,4,11-14H2,1-3H3,(H,29,32). The molecule has 0 saturated carbocycles. The predicted molar refractivity (Wildman–Crippen MR) is 142 cm³/mol. The maximum absolute atomic E-state index is 13.2. The number of piperazine rings is 1. The molecule has 2 amide bonds. The smallest absolute Gasteiger partial charge is 0.264 e. The second-order valence-electron chi connectivity index (χ2n) is 8.90. The third kappa shape index (κ3) is 6.45. The average Bonchev–Trinajstić information content (AvgIpc) is 2.88. The quantitative estimate of drug-likeness (QED) is 0.508. The number of amides is 2. The van der Waals surface area contributed by atoms with Crippen molar-refractivity contribution >= 4 is 27.5 Å². The van der Waals surface area contributed by atoms with Gasteiger partial charge in [-0.05, 0) is 67.4 Å². The van der Waals surface area contributed by atoms with Gasteiger partial charge >= 0.3 is 0 Å². The third-order valence-electron chi connectivity index (χ3n) is 6.15. The van der Waals surface area contributed by atoms with Crippen LogP contribution in [0.15, 0.2) is 60.9 Å². The SMILES string of the molecule is CCOc1cncc(-c2ccc(C(=O)N3CCN(c4ccc(C(=O)NS(C)(=O)=O)cc4)CC3)cc2C)c1. The molecule has 0 atom stereocenters. The van der Waals surface area contributed by atoms with Crippen LogP contribution in [-0.2, 0) is 10.0 Å². The van der Waals surface area contributed by atoms with Gasteiger partial charge in [0.1, 0.15) is 5.75 Å². The highest BCUT2D eigenvalue weighted by molar-refractivity contribution is 7.89. The first-order chi connectivity index (χ1) is 17.6. The number of ether oxygens (including phenoxy) is 1. The van der Waals surface area contributed by atoms with Gasteiger partial charge in [-0.25, -0.2) is 13.1 Å². The first-order valence-corrected chi connectivity index (χ1v) is 13.9. The van der Waals surface area contributed by atoms with Gasteiger partial charge in [0.2, 0.25) is 10.0 Å². The van der Waals surface area contributed by atoms with Crippen LogP contribution in [0.2, 0.25) is 0 Å². The zero-order valence-electron chi connectivity index (χ0n) is 21.1. The maximum atomic E-state index is 13.2. The van der Waals surface area contributed by atoms with Crippen LogP contribution < -0.4 is 14.4 Å². The van der Waals surface area contributed by atoms with Crippen molar-refractivity contribution in [1.29, 1.82) is 0 Å². The Morgan fingerprint density at radius 3 is 2.27 bits per heavy atom. The van der Waals surface area contributed by atoms with Crippen LogP contribution in [0.1, 0.15) is 33.2 Å². The Morgan fingerprint density at radius 2 is 1.65 bits per heavy atom. The minimum Gasteiger partial charge on any atom is -0.492 e. The van der Waals surface area contributed by atoms with E-state index in [2.05, 4.69) is 9.88 Å². The van der Waals surface area contributed by atoms with Crippen LogP contribution >= 0.6 is 0 Å². The maximum Gasteiger partial charge on any atom is 0.264 e. The Balaban J connectivity index is 1.38. The van der Waals surface area contributed by atoms with Crippen LogP contribution in [-0.4, -0.2) is 69.2 Å². The molecular formula is C27H30N4O5S. The predicted octanol–water partition coefficient (Wildman–Crippen LogP) is 3.11. The second kappa shape index (κ2) is 11.0. The number of aromatic nitrogens is 1. The number of anilines is 1. The molecule has 1 aliphatic rings. The zero-order valence-corrected chi connectivity index (χ0v) is 21.9. The fourth-order valence-electron chi connectivity index (χ4n) is 4.33. The summed E-state index contributed by atoms with van der Waals surface area (Å²) >= 11 is 0. The molecule has 2 heterocycles. The number of aryl methyl sites for hydroxylation is 1. The summed E-state index contributed by atoms with van der Waals surface area (Å²) in [5.41, 5.74) is 4.75. The molecule has 194 valence electrons. The van der Waals surface area contributed by atoms with Gasteiger partial charge in [0.25, 0.3) is 11.8 Å². The molecule has 1 aromatic heterocycles. The molecule has 4 rings (SSSR count). The van der Waals surface area contributed by atoms with Crippen molar-refractivity contribution in [3.63, 3.8) is 0 Å². The molecule has 0 radical (unpaired) electrons. The molecule has 0 aliphatic carbocycles. The van der Waals surface area contributed by atoms with E-state index < -0.39 is 15.9 Å². The first kappa shape index (κ1) is 26.2. The molecule has 0 bridgehead atoms. The van der Waals surface area contributed by atoms with Crippen LogP contribution in [0.25, 0.3) is 11.1 Å². The van der Waals surface area contributed by atoms with Crippen LogP contribution in [0.4, 0.5) is 5.69 Å². The molecule has 10 heteroatoms. The summed E-state index contributed by atoms with van der Waals surface area (Å²) in [6.07, 6.45) is 4.41. The number of nitrogens with one attached hydrogen (secondary N) is 1. The summed E-state index contributed by atoms with van der Waals surface area (Å²) in [5.74, 6) is 0.0385. The van der Waals surface area contributed by atoms with E-state index >= 15 is 0 Å². The highest BCUT2D eigenvalue weighted by Gasteiger charge is 2.23. The number of rotatable bonds is 7. The van der Waals surface area contributed by atoms with Gasteiger partial charge < -0.3 is 14.5 Å². The largest absolute Gasteiger partial charge is 0.492 e. The monoisotopic (exact) mass is 522 g/mol. The third-order valence-corrected chi connectivity index (χ3v) is 6.70.